The maximum atomic E-state index is 11.9. The van der Waals surface area contributed by atoms with Gasteiger partial charge in [0.25, 0.3) is 0 Å². The first-order chi connectivity index (χ1) is 8.98. The summed E-state index contributed by atoms with van der Waals surface area (Å²) in [4.78, 5) is 0. The van der Waals surface area contributed by atoms with Crippen molar-refractivity contribution in [1.29, 1.82) is 0 Å². The van der Waals surface area contributed by atoms with E-state index in [0.29, 0.717) is 13.0 Å². The van der Waals surface area contributed by atoms with Crippen LogP contribution in [0.4, 0.5) is 0 Å². The number of rotatable bonds is 8. The molecule has 3 N–H and O–H groups in total. The molecule has 2 unspecified atom stereocenters. The minimum absolute atomic E-state index is 0.201. The lowest BCUT2D eigenvalue weighted by Crippen LogP contribution is -2.44. The van der Waals surface area contributed by atoms with Crippen LogP contribution in [0.3, 0.4) is 0 Å². The molecule has 5 nitrogen and oxygen atoms in total. The highest BCUT2D eigenvalue weighted by atomic mass is 32.2. The van der Waals surface area contributed by atoms with E-state index in [9.17, 15) is 13.5 Å². The molecule has 0 radical (unpaired) electrons. The Labute approximate surface area is 115 Å². The average molecular weight is 288 g/mol. The molecule has 0 amide bonds. The number of hydrogen-bond acceptors (Lipinski definition) is 4. The molecule has 0 spiro atoms. The monoisotopic (exact) mass is 288 g/mol. The summed E-state index contributed by atoms with van der Waals surface area (Å²) in [5.74, 6) is -0.268. The molecule has 1 aliphatic rings. The molecule has 0 bridgehead atoms. The highest BCUT2D eigenvalue weighted by molar-refractivity contribution is 7.89. The molecular weight excluding hydrogens is 264 g/mol. The maximum Gasteiger partial charge on any atom is 0.214 e. The van der Waals surface area contributed by atoms with Gasteiger partial charge in [-0.3, -0.25) is 0 Å². The van der Waals surface area contributed by atoms with E-state index in [1.165, 1.54) is 0 Å². The molecule has 0 heterocycles. The molecule has 0 saturated heterocycles. The Kier molecular flexibility index (Phi) is 6.71. The fraction of sp³-hybridized carbons (Fsp3) is 0.692. The smallest absolute Gasteiger partial charge is 0.214 e. The third kappa shape index (κ3) is 5.86. The van der Waals surface area contributed by atoms with Crippen LogP contribution in [0.2, 0.25) is 0 Å². The average Bonchev–Trinajstić information content (AvgIpc) is 2.38. The number of likely N-dealkylation sites (N-methyl/N-ethyl adjacent to an activating group) is 1. The van der Waals surface area contributed by atoms with Gasteiger partial charge in [-0.1, -0.05) is 30.7 Å². The predicted octanol–water partition coefficient (Wildman–Crippen LogP) is 0.541. The Bertz CT molecular complexity index is 425. The van der Waals surface area contributed by atoms with Crippen LogP contribution in [-0.2, 0) is 10.0 Å². The molecule has 110 valence electrons. The summed E-state index contributed by atoms with van der Waals surface area (Å²) in [7, 11) is -1.73. The van der Waals surface area contributed by atoms with E-state index in [1.54, 1.807) is 7.05 Å². The number of hydrogen-bond donors (Lipinski definition) is 3. The van der Waals surface area contributed by atoms with E-state index in [1.807, 2.05) is 19.1 Å². The quantitative estimate of drug-likeness (QED) is 0.609. The van der Waals surface area contributed by atoms with Gasteiger partial charge >= 0.3 is 0 Å². The topological polar surface area (TPSA) is 78.4 Å². The van der Waals surface area contributed by atoms with Gasteiger partial charge in [0.05, 0.1) is 11.9 Å². The van der Waals surface area contributed by atoms with Crippen molar-refractivity contribution in [3.63, 3.8) is 0 Å². The molecule has 0 aliphatic heterocycles. The molecule has 0 aromatic carbocycles. The molecule has 1 rings (SSSR count). The molecule has 0 fully saturated rings. The van der Waals surface area contributed by atoms with E-state index in [0.717, 1.165) is 18.4 Å². The fourth-order valence-corrected chi connectivity index (χ4v) is 3.28. The summed E-state index contributed by atoms with van der Waals surface area (Å²) in [6, 6.07) is -0.201. The largest absolute Gasteiger partial charge is 0.390 e. The first-order valence-electron chi connectivity index (χ1n) is 6.65. The summed E-state index contributed by atoms with van der Waals surface area (Å²) in [5, 5.41) is 12.8. The van der Waals surface area contributed by atoms with Crippen molar-refractivity contribution in [3.8, 4) is 0 Å². The van der Waals surface area contributed by atoms with Crippen LogP contribution in [0, 0.1) is 0 Å². The van der Waals surface area contributed by atoms with Crippen molar-refractivity contribution in [3.05, 3.63) is 23.8 Å². The Morgan fingerprint density at radius 1 is 1.47 bits per heavy atom. The molecule has 0 aromatic heterocycles. The zero-order valence-electron chi connectivity index (χ0n) is 11.6. The molecule has 19 heavy (non-hydrogen) atoms. The van der Waals surface area contributed by atoms with Gasteiger partial charge in [-0.15, -0.1) is 0 Å². The summed E-state index contributed by atoms with van der Waals surface area (Å²) in [6.07, 6.45) is 7.56. The third-order valence-electron chi connectivity index (χ3n) is 3.28. The normalized spacial score (nSPS) is 19.0. The van der Waals surface area contributed by atoms with E-state index in [4.69, 9.17) is 0 Å². The molecule has 0 saturated carbocycles. The third-order valence-corrected chi connectivity index (χ3v) is 4.65. The Morgan fingerprint density at radius 3 is 2.74 bits per heavy atom. The van der Waals surface area contributed by atoms with Crippen molar-refractivity contribution in [2.24, 2.45) is 0 Å². The van der Waals surface area contributed by atoms with Crippen LogP contribution in [-0.4, -0.2) is 45.0 Å². The molecule has 1 aliphatic carbocycles. The van der Waals surface area contributed by atoms with Crippen molar-refractivity contribution >= 4 is 10.0 Å². The fourth-order valence-electron chi connectivity index (χ4n) is 2.07. The molecule has 2 atom stereocenters. The summed E-state index contributed by atoms with van der Waals surface area (Å²) >= 11 is 0. The second kappa shape index (κ2) is 7.79. The second-order valence-corrected chi connectivity index (χ2v) is 6.62. The summed E-state index contributed by atoms with van der Waals surface area (Å²) < 4.78 is 26.3. The standard InChI is InChI=1S/C13H24N2O3S/c1-3-12(14-2)13(16)10-19(17,18)15-9-11-7-5-4-6-8-11/h4-5,7,12-16H,3,6,8-10H2,1-2H3. The first kappa shape index (κ1) is 16.4. The van der Waals surface area contributed by atoms with Gasteiger partial charge in [0.15, 0.2) is 0 Å². The highest BCUT2D eigenvalue weighted by Crippen LogP contribution is 2.11. The van der Waals surface area contributed by atoms with Crippen LogP contribution < -0.4 is 10.0 Å². The van der Waals surface area contributed by atoms with Crippen LogP contribution >= 0.6 is 0 Å². The van der Waals surface area contributed by atoms with Crippen molar-refractivity contribution in [2.75, 3.05) is 19.3 Å². The van der Waals surface area contributed by atoms with Gasteiger partial charge in [0.1, 0.15) is 0 Å². The van der Waals surface area contributed by atoms with Crippen molar-refractivity contribution < 1.29 is 13.5 Å². The van der Waals surface area contributed by atoms with E-state index in [2.05, 4.69) is 16.1 Å². The van der Waals surface area contributed by atoms with Gasteiger partial charge in [0.2, 0.25) is 10.0 Å². The Hall–Kier alpha value is -0.690. The Balaban J connectivity index is 2.47. The van der Waals surface area contributed by atoms with Gasteiger partial charge in [0, 0.05) is 12.6 Å². The van der Waals surface area contributed by atoms with E-state index in [-0.39, 0.29) is 11.8 Å². The van der Waals surface area contributed by atoms with Crippen molar-refractivity contribution in [1.82, 2.24) is 10.0 Å². The summed E-state index contributed by atoms with van der Waals surface area (Å²) in [6.45, 7) is 2.24. The lowest BCUT2D eigenvalue weighted by molar-refractivity contribution is 0.149. The van der Waals surface area contributed by atoms with Crippen LogP contribution in [0.5, 0.6) is 0 Å². The number of allylic oxidation sites excluding steroid dienone is 3. The maximum absolute atomic E-state index is 11.9. The van der Waals surface area contributed by atoms with Crippen LogP contribution in [0.15, 0.2) is 23.8 Å². The zero-order valence-corrected chi connectivity index (χ0v) is 12.4. The minimum Gasteiger partial charge on any atom is -0.390 e. The van der Waals surface area contributed by atoms with Crippen molar-refractivity contribution in [2.45, 2.75) is 38.3 Å². The molecular formula is C13H24N2O3S. The molecule has 6 heteroatoms. The van der Waals surface area contributed by atoms with E-state index >= 15 is 0 Å². The first-order valence-corrected chi connectivity index (χ1v) is 8.31. The van der Waals surface area contributed by atoms with Gasteiger partial charge in [-0.2, -0.15) is 0 Å². The number of aliphatic hydroxyl groups excluding tert-OH is 1. The lowest BCUT2D eigenvalue weighted by atomic mass is 10.1. The minimum atomic E-state index is -3.45. The zero-order chi connectivity index (χ0) is 14.3. The van der Waals surface area contributed by atoms with Crippen LogP contribution in [0.1, 0.15) is 26.2 Å². The van der Waals surface area contributed by atoms with Gasteiger partial charge in [-0.25, -0.2) is 13.1 Å². The number of sulfonamides is 1. The lowest BCUT2D eigenvalue weighted by Gasteiger charge is -2.21. The second-order valence-electron chi connectivity index (χ2n) is 4.77. The van der Waals surface area contributed by atoms with E-state index < -0.39 is 16.1 Å². The number of nitrogens with one attached hydrogen (secondary N) is 2. The number of aliphatic hydroxyl groups is 1. The van der Waals surface area contributed by atoms with Gasteiger partial charge in [-0.05, 0) is 26.3 Å². The summed E-state index contributed by atoms with van der Waals surface area (Å²) in [5.41, 5.74) is 1.07. The SMILES string of the molecule is CCC(NC)C(O)CS(=O)(=O)NCC1=CC=CCC1. The highest BCUT2D eigenvalue weighted by Gasteiger charge is 2.22. The predicted molar refractivity (Wildman–Crippen MR) is 77.4 cm³/mol. The van der Waals surface area contributed by atoms with Crippen LogP contribution in [0.25, 0.3) is 0 Å². The molecule has 0 aromatic rings. The van der Waals surface area contributed by atoms with Gasteiger partial charge < -0.3 is 10.4 Å². The Morgan fingerprint density at radius 2 is 2.21 bits per heavy atom.